The zero-order valence-electron chi connectivity index (χ0n) is 14.4. The zero-order valence-corrected chi connectivity index (χ0v) is 14.4. The van der Waals surface area contributed by atoms with Crippen LogP contribution in [0.25, 0.3) is 0 Å². The van der Waals surface area contributed by atoms with Crippen LogP contribution in [0.15, 0.2) is 11.8 Å². The van der Waals surface area contributed by atoms with Crippen molar-refractivity contribution >= 4 is 0 Å². The summed E-state index contributed by atoms with van der Waals surface area (Å²) in [6.45, 7) is 6.94. The summed E-state index contributed by atoms with van der Waals surface area (Å²) in [6, 6.07) is 0. The molecule has 0 aromatic rings. The van der Waals surface area contributed by atoms with E-state index in [-0.39, 0.29) is 5.41 Å². The lowest BCUT2D eigenvalue weighted by atomic mass is 9.45. The predicted octanol–water partition coefficient (Wildman–Crippen LogP) is 4.83. The number of aliphatic hydroxyl groups is 2. The van der Waals surface area contributed by atoms with Gasteiger partial charge in [-0.25, -0.2) is 0 Å². The number of hydrogen-bond donors (Lipinski definition) is 2. The van der Waals surface area contributed by atoms with E-state index in [0.29, 0.717) is 23.0 Å². The summed E-state index contributed by atoms with van der Waals surface area (Å²) < 4.78 is 0. The first-order valence-electron chi connectivity index (χ1n) is 9.38. The van der Waals surface area contributed by atoms with Crippen LogP contribution in [0.1, 0.15) is 72.1 Å². The van der Waals surface area contributed by atoms with Crippen molar-refractivity contribution < 1.29 is 10.2 Å². The molecule has 2 nitrogen and oxygen atoms in total. The summed E-state index contributed by atoms with van der Waals surface area (Å²) in [6.07, 6.45) is 11.3. The second-order valence-electron chi connectivity index (χ2n) is 9.53. The largest absolute Gasteiger partial charge is 0.513 e. The highest BCUT2D eigenvalue weighted by Gasteiger charge is 2.62. The van der Waals surface area contributed by atoms with Crippen LogP contribution < -0.4 is 0 Å². The highest BCUT2D eigenvalue weighted by atomic mass is 16.3. The summed E-state index contributed by atoms with van der Waals surface area (Å²) in [4.78, 5) is 0. The minimum atomic E-state index is -0.467. The summed E-state index contributed by atoms with van der Waals surface area (Å²) in [5.41, 5.74) is 0.0417. The van der Waals surface area contributed by atoms with Crippen LogP contribution >= 0.6 is 0 Å². The summed E-state index contributed by atoms with van der Waals surface area (Å²) >= 11 is 0. The molecule has 0 radical (unpaired) electrons. The van der Waals surface area contributed by atoms with Crippen molar-refractivity contribution in [2.75, 3.05) is 0 Å². The maximum absolute atomic E-state index is 10.9. The van der Waals surface area contributed by atoms with Gasteiger partial charge in [-0.1, -0.05) is 13.8 Å². The van der Waals surface area contributed by atoms with Crippen molar-refractivity contribution in [2.24, 2.45) is 34.5 Å². The molecule has 0 bridgehead atoms. The quantitative estimate of drug-likeness (QED) is 0.673. The van der Waals surface area contributed by atoms with Gasteiger partial charge in [0.05, 0.1) is 11.4 Å². The monoisotopic (exact) mass is 304 g/mol. The number of aliphatic hydroxyl groups excluding tert-OH is 1. The van der Waals surface area contributed by atoms with Crippen LogP contribution in [-0.4, -0.2) is 15.8 Å². The lowest BCUT2D eigenvalue weighted by Crippen LogP contribution is -2.55. The average Bonchev–Trinajstić information content (AvgIpc) is 2.70. The third-order valence-electron chi connectivity index (χ3n) is 8.86. The summed E-state index contributed by atoms with van der Waals surface area (Å²) in [5, 5.41) is 20.9. The molecule has 0 saturated heterocycles. The lowest BCUT2D eigenvalue weighted by Gasteiger charge is -2.60. The molecule has 3 saturated carbocycles. The van der Waals surface area contributed by atoms with Gasteiger partial charge >= 0.3 is 0 Å². The molecule has 22 heavy (non-hydrogen) atoms. The van der Waals surface area contributed by atoms with Gasteiger partial charge in [-0.15, -0.1) is 0 Å². The fourth-order valence-electron chi connectivity index (χ4n) is 7.11. The molecule has 0 aromatic heterocycles. The topological polar surface area (TPSA) is 40.5 Å². The van der Waals surface area contributed by atoms with Gasteiger partial charge in [-0.05, 0) is 92.4 Å². The van der Waals surface area contributed by atoms with E-state index in [4.69, 9.17) is 0 Å². The van der Waals surface area contributed by atoms with E-state index in [2.05, 4.69) is 26.8 Å². The Balaban J connectivity index is 1.67. The standard InChI is InChI=1S/C20H32O2/c1-18-9-6-14(21)12-13(18)4-5-15-16(18)7-10-19(2)17(15)8-11-20(19,3)22/h6,13,15-17,21-22H,4-5,7-12H2,1-3H3/t13-,15+,16-,17-,18-,19-,20-/m0/s1. The van der Waals surface area contributed by atoms with E-state index in [9.17, 15) is 10.2 Å². The van der Waals surface area contributed by atoms with Crippen LogP contribution in [-0.2, 0) is 0 Å². The smallest absolute Gasteiger partial charge is 0.0886 e. The fraction of sp³-hybridized carbons (Fsp3) is 0.900. The van der Waals surface area contributed by atoms with E-state index < -0.39 is 5.60 Å². The maximum Gasteiger partial charge on any atom is 0.0886 e. The second-order valence-corrected chi connectivity index (χ2v) is 9.53. The maximum atomic E-state index is 10.9. The van der Waals surface area contributed by atoms with Crippen LogP contribution in [0.3, 0.4) is 0 Å². The third-order valence-corrected chi connectivity index (χ3v) is 8.86. The van der Waals surface area contributed by atoms with E-state index in [1.165, 1.54) is 32.1 Å². The molecule has 7 atom stereocenters. The van der Waals surface area contributed by atoms with E-state index in [0.717, 1.165) is 31.1 Å². The molecule has 3 fully saturated rings. The lowest BCUT2D eigenvalue weighted by molar-refractivity contribution is -0.139. The van der Waals surface area contributed by atoms with Gasteiger partial charge in [0.25, 0.3) is 0 Å². The molecule has 0 unspecified atom stereocenters. The molecular weight excluding hydrogens is 272 g/mol. The van der Waals surface area contributed by atoms with Gasteiger partial charge in [0.2, 0.25) is 0 Å². The number of fused-ring (bicyclic) bond motifs is 5. The minimum absolute atomic E-state index is 0.129. The van der Waals surface area contributed by atoms with Crippen LogP contribution in [0.2, 0.25) is 0 Å². The molecule has 2 N–H and O–H groups in total. The first-order valence-corrected chi connectivity index (χ1v) is 9.38. The van der Waals surface area contributed by atoms with Crippen molar-refractivity contribution in [2.45, 2.75) is 77.7 Å². The molecule has 0 aromatic carbocycles. The van der Waals surface area contributed by atoms with E-state index in [1.807, 2.05) is 0 Å². The van der Waals surface area contributed by atoms with Crippen molar-refractivity contribution in [3.8, 4) is 0 Å². The fourth-order valence-corrected chi connectivity index (χ4v) is 7.11. The van der Waals surface area contributed by atoms with Crippen molar-refractivity contribution in [3.63, 3.8) is 0 Å². The molecule has 2 heteroatoms. The van der Waals surface area contributed by atoms with Gasteiger partial charge in [-0.2, -0.15) is 0 Å². The van der Waals surface area contributed by atoms with Crippen molar-refractivity contribution in [3.05, 3.63) is 11.8 Å². The van der Waals surface area contributed by atoms with E-state index in [1.54, 1.807) is 0 Å². The molecule has 0 spiro atoms. The summed E-state index contributed by atoms with van der Waals surface area (Å²) in [7, 11) is 0. The molecule has 124 valence electrons. The van der Waals surface area contributed by atoms with E-state index >= 15 is 0 Å². The Hall–Kier alpha value is -0.500. The van der Waals surface area contributed by atoms with Gasteiger partial charge in [-0.3, -0.25) is 0 Å². The van der Waals surface area contributed by atoms with Crippen molar-refractivity contribution in [1.29, 1.82) is 0 Å². The SMILES string of the molecule is C[C@]12CC=C(O)C[C@@H]1CC[C@@H]1[C@@H]2CC[C@@]2(C)[C@H]1CC[C@]2(C)O. The average molecular weight is 304 g/mol. The molecular formula is C20H32O2. The van der Waals surface area contributed by atoms with Crippen LogP contribution in [0.4, 0.5) is 0 Å². The Bertz CT molecular complexity index is 508. The molecule has 4 rings (SSSR count). The number of hydrogen-bond acceptors (Lipinski definition) is 2. The Morgan fingerprint density at radius 2 is 1.73 bits per heavy atom. The van der Waals surface area contributed by atoms with Crippen LogP contribution in [0, 0.1) is 34.5 Å². The summed E-state index contributed by atoms with van der Waals surface area (Å²) in [5.74, 6) is 3.60. The molecule has 0 aliphatic heterocycles. The molecule has 4 aliphatic carbocycles. The molecule has 0 amide bonds. The van der Waals surface area contributed by atoms with Gasteiger partial charge in [0.1, 0.15) is 0 Å². The minimum Gasteiger partial charge on any atom is -0.513 e. The predicted molar refractivity (Wildman–Crippen MR) is 88.4 cm³/mol. The Kier molecular flexibility index (Phi) is 3.10. The Labute approximate surface area is 135 Å². The van der Waals surface area contributed by atoms with Gasteiger partial charge in [0, 0.05) is 6.42 Å². The first kappa shape index (κ1) is 15.1. The number of rotatable bonds is 0. The van der Waals surface area contributed by atoms with Crippen molar-refractivity contribution in [1.82, 2.24) is 0 Å². The van der Waals surface area contributed by atoms with Crippen LogP contribution in [0.5, 0.6) is 0 Å². The zero-order chi connectivity index (χ0) is 15.8. The first-order chi connectivity index (χ1) is 10.3. The third kappa shape index (κ3) is 1.76. The Morgan fingerprint density at radius 3 is 2.50 bits per heavy atom. The van der Waals surface area contributed by atoms with Gasteiger partial charge < -0.3 is 10.2 Å². The normalized spacial score (nSPS) is 57.5. The number of allylic oxidation sites excluding steroid dienone is 2. The molecule has 0 heterocycles. The highest BCUT2D eigenvalue weighted by molar-refractivity contribution is 5.15. The van der Waals surface area contributed by atoms with Gasteiger partial charge in [0.15, 0.2) is 0 Å². The highest BCUT2D eigenvalue weighted by Crippen LogP contribution is 2.67. The second kappa shape index (κ2) is 4.53. The Morgan fingerprint density at radius 1 is 1.00 bits per heavy atom. The molecule has 4 aliphatic rings.